The zero-order valence-corrected chi connectivity index (χ0v) is 35.2. The number of nitrogens with zero attached hydrogens (tertiary/aromatic N) is 1. The van der Waals surface area contributed by atoms with Crippen LogP contribution in [0.15, 0.2) is 218 Å². The Morgan fingerprint density at radius 3 is 1.58 bits per heavy atom. The molecule has 0 fully saturated rings. The third kappa shape index (κ3) is 5.52. The van der Waals surface area contributed by atoms with Crippen LogP contribution < -0.4 is 25.6 Å². The van der Waals surface area contributed by atoms with Gasteiger partial charge in [0, 0.05) is 22.5 Å². The van der Waals surface area contributed by atoms with Gasteiger partial charge in [0.05, 0.1) is 0 Å². The summed E-state index contributed by atoms with van der Waals surface area (Å²) in [6.07, 6.45) is 0. The molecule has 1 nitrogen and oxygen atoms in total. The monoisotopic (exact) mass is 783 g/mol. The molecular formula is C58H45NSi. The second kappa shape index (κ2) is 14.1. The molecule has 0 amide bonds. The van der Waals surface area contributed by atoms with E-state index >= 15 is 0 Å². The first-order chi connectivity index (χ1) is 29.4. The first kappa shape index (κ1) is 36.1. The molecule has 0 atom stereocenters. The van der Waals surface area contributed by atoms with Crippen molar-refractivity contribution >= 4 is 45.9 Å². The van der Waals surface area contributed by atoms with E-state index < -0.39 is 8.07 Å². The van der Waals surface area contributed by atoms with Gasteiger partial charge in [0.2, 0.25) is 0 Å². The second-order valence-electron chi connectivity index (χ2n) is 16.9. The molecule has 0 saturated heterocycles. The third-order valence-electron chi connectivity index (χ3n) is 13.3. The van der Waals surface area contributed by atoms with Gasteiger partial charge in [-0.15, -0.1) is 0 Å². The standard InChI is InChI=1S/C58H45NSi/c1-40-37-44(41-17-6-4-7-18-41)31-36-55(40)59(46-34-35-50-49-23-10-13-26-53(49)58(2,3)54(50)39-46)45-32-29-42(30-33-45)43-19-16-22-48(38-43)60(47-20-8-5-9-21-47)56-27-14-11-24-51(56)52-25-12-15-28-57(52)60/h4-39H,1-3H3. The Kier molecular flexibility index (Phi) is 8.47. The summed E-state index contributed by atoms with van der Waals surface area (Å²) in [5, 5.41) is 5.76. The minimum absolute atomic E-state index is 0.102. The molecule has 2 heteroatoms. The highest BCUT2D eigenvalue weighted by Crippen LogP contribution is 2.51. The molecule has 9 aromatic rings. The van der Waals surface area contributed by atoms with Crippen LogP contribution in [0.5, 0.6) is 0 Å². The van der Waals surface area contributed by atoms with E-state index in [2.05, 4.69) is 244 Å². The van der Waals surface area contributed by atoms with Gasteiger partial charge >= 0.3 is 0 Å². The molecule has 0 N–H and O–H groups in total. The molecule has 9 aromatic carbocycles. The summed E-state index contributed by atoms with van der Waals surface area (Å²) < 4.78 is 0. The maximum Gasteiger partial charge on any atom is 0.180 e. The van der Waals surface area contributed by atoms with Gasteiger partial charge in [-0.05, 0) is 125 Å². The van der Waals surface area contributed by atoms with Gasteiger partial charge < -0.3 is 4.90 Å². The van der Waals surface area contributed by atoms with Crippen molar-refractivity contribution in [2.24, 2.45) is 0 Å². The van der Waals surface area contributed by atoms with Gasteiger partial charge in [-0.25, -0.2) is 0 Å². The molecule has 2 aliphatic rings. The van der Waals surface area contributed by atoms with E-state index in [4.69, 9.17) is 0 Å². The molecule has 0 radical (unpaired) electrons. The maximum absolute atomic E-state index is 2.60. The number of hydrogen-bond acceptors (Lipinski definition) is 1. The Balaban J connectivity index is 1.03. The highest BCUT2D eigenvalue weighted by molar-refractivity contribution is 7.22. The van der Waals surface area contributed by atoms with Crippen LogP contribution in [-0.4, -0.2) is 8.07 Å². The highest BCUT2D eigenvalue weighted by Gasteiger charge is 2.48. The number of rotatable bonds is 7. The highest BCUT2D eigenvalue weighted by atomic mass is 28.3. The summed E-state index contributed by atoms with van der Waals surface area (Å²) in [4.78, 5) is 2.45. The fraction of sp³-hybridized carbons (Fsp3) is 0.0690. The molecule has 286 valence electrons. The van der Waals surface area contributed by atoms with Crippen LogP contribution in [0.25, 0.3) is 44.5 Å². The van der Waals surface area contributed by atoms with Gasteiger partial charge in [0.25, 0.3) is 0 Å². The molecule has 0 bridgehead atoms. The van der Waals surface area contributed by atoms with E-state index in [1.54, 1.807) is 0 Å². The zero-order valence-electron chi connectivity index (χ0n) is 34.2. The molecule has 0 aromatic heterocycles. The Labute approximate surface area is 354 Å². The van der Waals surface area contributed by atoms with Crippen molar-refractivity contribution in [2.75, 3.05) is 4.90 Å². The average Bonchev–Trinajstić information content (AvgIpc) is 3.73. The lowest BCUT2D eigenvalue weighted by molar-refractivity contribution is 0.660. The molecule has 60 heavy (non-hydrogen) atoms. The summed E-state index contributed by atoms with van der Waals surface area (Å²) >= 11 is 0. The van der Waals surface area contributed by atoms with E-state index in [1.165, 1.54) is 87.6 Å². The third-order valence-corrected chi connectivity index (χ3v) is 18.1. The van der Waals surface area contributed by atoms with Crippen molar-refractivity contribution in [2.45, 2.75) is 26.2 Å². The Morgan fingerprint density at radius 2 is 0.883 bits per heavy atom. The summed E-state index contributed by atoms with van der Waals surface area (Å²) in [7, 11) is -2.60. The first-order valence-electron chi connectivity index (χ1n) is 21.1. The van der Waals surface area contributed by atoms with Crippen molar-refractivity contribution in [3.63, 3.8) is 0 Å². The number of hydrogen-bond donors (Lipinski definition) is 0. The van der Waals surface area contributed by atoms with Crippen LogP contribution >= 0.6 is 0 Å². The normalized spacial score (nSPS) is 13.8. The van der Waals surface area contributed by atoms with Crippen LogP contribution in [0.2, 0.25) is 0 Å². The largest absolute Gasteiger partial charge is 0.310 e. The van der Waals surface area contributed by atoms with Gasteiger partial charge in [-0.2, -0.15) is 0 Å². The first-order valence-corrected chi connectivity index (χ1v) is 23.1. The number of anilines is 3. The molecule has 1 aliphatic heterocycles. The minimum atomic E-state index is -2.60. The summed E-state index contributed by atoms with van der Waals surface area (Å²) in [6.45, 7) is 6.97. The zero-order chi connectivity index (χ0) is 40.4. The summed E-state index contributed by atoms with van der Waals surface area (Å²) in [6, 6.07) is 81.7. The Hall–Kier alpha value is -7.00. The fourth-order valence-corrected chi connectivity index (χ4v) is 15.6. The number of aryl methyl sites for hydroxylation is 1. The van der Waals surface area contributed by atoms with Crippen LogP contribution in [0.3, 0.4) is 0 Å². The van der Waals surface area contributed by atoms with Crippen molar-refractivity contribution in [1.29, 1.82) is 0 Å². The SMILES string of the molecule is Cc1cc(-c2ccccc2)ccc1N(c1ccc(-c2cccc([Si]3(c4ccccc4)c4ccccc4-c4ccccc43)c2)cc1)c1ccc2c(c1)C(C)(C)c1ccccc1-2. The Morgan fingerprint density at radius 1 is 0.367 bits per heavy atom. The quantitative estimate of drug-likeness (QED) is 0.146. The molecule has 1 aliphatic carbocycles. The second-order valence-corrected chi connectivity index (χ2v) is 20.7. The minimum Gasteiger partial charge on any atom is -0.310 e. The van der Waals surface area contributed by atoms with E-state index in [0.717, 1.165) is 11.4 Å². The van der Waals surface area contributed by atoms with Crippen LogP contribution in [0.4, 0.5) is 17.1 Å². The van der Waals surface area contributed by atoms with Crippen LogP contribution in [0.1, 0.15) is 30.5 Å². The van der Waals surface area contributed by atoms with Crippen molar-refractivity contribution in [3.8, 4) is 44.5 Å². The predicted octanol–water partition coefficient (Wildman–Crippen LogP) is 12.5. The van der Waals surface area contributed by atoms with E-state index in [9.17, 15) is 0 Å². The predicted molar refractivity (Wildman–Crippen MR) is 257 cm³/mol. The van der Waals surface area contributed by atoms with Gasteiger partial charge in [-0.3, -0.25) is 0 Å². The van der Waals surface area contributed by atoms with E-state index in [0.29, 0.717) is 0 Å². The molecular weight excluding hydrogens is 739 g/mol. The van der Waals surface area contributed by atoms with Gasteiger partial charge in [-0.1, -0.05) is 196 Å². The molecule has 0 saturated carbocycles. The maximum atomic E-state index is 2.48. The average molecular weight is 784 g/mol. The molecule has 0 spiro atoms. The molecule has 0 unspecified atom stereocenters. The lowest BCUT2D eigenvalue weighted by Gasteiger charge is -2.31. The summed E-state index contributed by atoms with van der Waals surface area (Å²) in [5.41, 5.74) is 17.6. The van der Waals surface area contributed by atoms with Crippen molar-refractivity contribution in [3.05, 3.63) is 235 Å². The lowest BCUT2D eigenvalue weighted by Crippen LogP contribution is -2.72. The van der Waals surface area contributed by atoms with Crippen LogP contribution in [0, 0.1) is 6.92 Å². The van der Waals surface area contributed by atoms with Crippen LogP contribution in [-0.2, 0) is 5.41 Å². The van der Waals surface area contributed by atoms with Gasteiger partial charge in [0.1, 0.15) is 0 Å². The van der Waals surface area contributed by atoms with Gasteiger partial charge in [0.15, 0.2) is 8.07 Å². The topological polar surface area (TPSA) is 3.24 Å². The smallest absolute Gasteiger partial charge is 0.180 e. The van der Waals surface area contributed by atoms with E-state index in [-0.39, 0.29) is 5.41 Å². The molecule has 11 rings (SSSR count). The van der Waals surface area contributed by atoms with Crippen molar-refractivity contribution < 1.29 is 0 Å². The fourth-order valence-electron chi connectivity index (χ4n) is 10.4. The number of benzene rings is 9. The van der Waals surface area contributed by atoms with Crippen molar-refractivity contribution in [1.82, 2.24) is 0 Å². The Bertz CT molecular complexity index is 3030. The number of fused-ring (bicyclic) bond motifs is 6. The molecule has 1 heterocycles. The lowest BCUT2D eigenvalue weighted by atomic mass is 9.82. The summed E-state index contributed by atoms with van der Waals surface area (Å²) in [5.74, 6) is 0. The van der Waals surface area contributed by atoms with E-state index in [1.807, 2.05) is 0 Å².